The minimum Gasteiger partial charge on any atom is -0.309 e. The molecular weight excluding hydrogens is 657 g/mol. The fraction of sp³-hybridized carbons (Fsp3) is 0.0600. The zero-order valence-corrected chi connectivity index (χ0v) is 29.5. The van der Waals surface area contributed by atoms with Crippen LogP contribution in [-0.2, 0) is 5.41 Å². The Kier molecular flexibility index (Phi) is 6.86. The SMILES string of the molecule is C1=CC(c2nc(-c3cccc(-n4c5ccccc5c5ccc6c(c54)-c4ccccc4C6(c4ccccc4)c4ccncc4)c3)nc3ccccc23)=CCC1. The van der Waals surface area contributed by atoms with Crippen LogP contribution in [-0.4, -0.2) is 19.5 Å². The summed E-state index contributed by atoms with van der Waals surface area (Å²) in [6.07, 6.45) is 12.7. The Hall–Kier alpha value is -6.91. The van der Waals surface area contributed by atoms with Gasteiger partial charge in [-0.2, -0.15) is 0 Å². The van der Waals surface area contributed by atoms with Gasteiger partial charge in [0, 0.05) is 45.4 Å². The average Bonchev–Trinajstić information content (AvgIpc) is 3.75. The van der Waals surface area contributed by atoms with Gasteiger partial charge in [-0.1, -0.05) is 133 Å². The van der Waals surface area contributed by atoms with Crippen molar-refractivity contribution in [2.75, 3.05) is 0 Å². The van der Waals surface area contributed by atoms with Gasteiger partial charge >= 0.3 is 0 Å². The average molecular weight is 691 g/mol. The van der Waals surface area contributed by atoms with Gasteiger partial charge in [-0.3, -0.25) is 4.98 Å². The molecule has 0 saturated heterocycles. The van der Waals surface area contributed by atoms with Crippen molar-refractivity contribution in [3.05, 3.63) is 210 Å². The van der Waals surface area contributed by atoms with Crippen LogP contribution in [0.3, 0.4) is 0 Å². The van der Waals surface area contributed by atoms with Gasteiger partial charge in [-0.15, -0.1) is 0 Å². The van der Waals surface area contributed by atoms with Crippen molar-refractivity contribution in [1.29, 1.82) is 0 Å². The molecule has 0 radical (unpaired) electrons. The van der Waals surface area contributed by atoms with Crippen molar-refractivity contribution in [3.63, 3.8) is 0 Å². The molecule has 54 heavy (non-hydrogen) atoms. The molecule has 3 aromatic heterocycles. The summed E-state index contributed by atoms with van der Waals surface area (Å²) in [7, 11) is 0. The normalized spacial score (nSPS) is 16.1. The Morgan fingerprint density at radius 2 is 1.35 bits per heavy atom. The molecule has 11 rings (SSSR count). The predicted molar refractivity (Wildman–Crippen MR) is 221 cm³/mol. The Labute approximate surface area is 313 Å². The van der Waals surface area contributed by atoms with E-state index in [1.165, 1.54) is 49.7 Å². The summed E-state index contributed by atoms with van der Waals surface area (Å²) in [5.41, 5.74) is 14.5. The van der Waals surface area contributed by atoms with Gasteiger partial charge in [0.25, 0.3) is 0 Å². The highest BCUT2D eigenvalue weighted by molar-refractivity contribution is 6.16. The van der Waals surface area contributed by atoms with Crippen LogP contribution in [0.4, 0.5) is 0 Å². The van der Waals surface area contributed by atoms with Crippen LogP contribution in [0.2, 0.25) is 0 Å². The molecule has 0 fully saturated rings. The topological polar surface area (TPSA) is 43.6 Å². The predicted octanol–water partition coefficient (Wildman–Crippen LogP) is 11.9. The van der Waals surface area contributed by atoms with E-state index in [0.29, 0.717) is 0 Å². The van der Waals surface area contributed by atoms with E-state index in [0.717, 1.165) is 57.6 Å². The lowest BCUT2D eigenvalue weighted by Gasteiger charge is -2.33. The summed E-state index contributed by atoms with van der Waals surface area (Å²) >= 11 is 0. The summed E-state index contributed by atoms with van der Waals surface area (Å²) in [6, 6.07) is 54.9. The quantitative estimate of drug-likeness (QED) is 0.181. The molecule has 0 bridgehead atoms. The van der Waals surface area contributed by atoms with Gasteiger partial charge in [0.05, 0.1) is 27.7 Å². The maximum Gasteiger partial charge on any atom is 0.160 e. The fourth-order valence-corrected chi connectivity index (χ4v) is 9.16. The number of benzene rings is 6. The lowest BCUT2D eigenvalue weighted by molar-refractivity contribution is 0.766. The molecular formula is C50H34N4. The first-order valence-corrected chi connectivity index (χ1v) is 18.7. The van der Waals surface area contributed by atoms with E-state index in [9.17, 15) is 0 Å². The Bertz CT molecular complexity index is 2950. The standard InChI is InChI=1S/C50H34N4/c1-3-14-33(15-4-1)47-41-22-8-11-24-44(41)52-49(53-47)34-16-13-19-37(32-34)54-45-25-12-9-20-38(45)39-26-27-43-46(48(39)54)40-21-7-10-23-42(40)50(43,35-17-5-2-6-18-35)36-28-30-51-31-29-36/h2-3,5-32H,1,4H2. The van der Waals surface area contributed by atoms with Gasteiger partial charge in [-0.05, 0) is 82.6 Å². The summed E-state index contributed by atoms with van der Waals surface area (Å²) < 4.78 is 2.46. The number of rotatable bonds is 5. The fourth-order valence-electron chi connectivity index (χ4n) is 9.16. The molecule has 0 aliphatic heterocycles. The van der Waals surface area contributed by atoms with Gasteiger partial charge < -0.3 is 4.57 Å². The maximum absolute atomic E-state index is 5.27. The zero-order valence-electron chi connectivity index (χ0n) is 29.5. The van der Waals surface area contributed by atoms with E-state index in [4.69, 9.17) is 9.97 Å². The molecule has 0 amide bonds. The van der Waals surface area contributed by atoms with Crippen LogP contribution in [0.1, 0.15) is 40.8 Å². The lowest BCUT2D eigenvalue weighted by Crippen LogP contribution is -2.28. The highest BCUT2D eigenvalue weighted by Crippen LogP contribution is 2.58. The molecule has 2 aliphatic carbocycles. The van der Waals surface area contributed by atoms with Crippen molar-refractivity contribution < 1.29 is 0 Å². The summed E-state index contributed by atoms with van der Waals surface area (Å²) in [6.45, 7) is 0. The van der Waals surface area contributed by atoms with E-state index in [-0.39, 0.29) is 0 Å². The zero-order chi connectivity index (χ0) is 35.6. The highest BCUT2D eigenvalue weighted by atomic mass is 15.0. The number of allylic oxidation sites excluding steroid dienone is 4. The molecule has 0 saturated carbocycles. The number of hydrogen-bond donors (Lipinski definition) is 0. The van der Waals surface area contributed by atoms with Crippen molar-refractivity contribution >= 4 is 38.3 Å². The molecule has 9 aromatic rings. The monoisotopic (exact) mass is 690 g/mol. The highest BCUT2D eigenvalue weighted by Gasteiger charge is 2.47. The van der Waals surface area contributed by atoms with Crippen molar-refractivity contribution in [2.45, 2.75) is 18.3 Å². The van der Waals surface area contributed by atoms with E-state index in [1.807, 2.05) is 12.4 Å². The summed E-state index contributed by atoms with van der Waals surface area (Å²) in [5.74, 6) is 0.725. The van der Waals surface area contributed by atoms with Crippen molar-refractivity contribution in [1.82, 2.24) is 19.5 Å². The van der Waals surface area contributed by atoms with Crippen LogP contribution < -0.4 is 0 Å². The Balaban J connectivity index is 1.21. The lowest BCUT2D eigenvalue weighted by atomic mass is 9.68. The van der Waals surface area contributed by atoms with Gasteiger partial charge in [0.2, 0.25) is 0 Å². The number of nitrogens with zero attached hydrogens (tertiary/aromatic N) is 4. The molecule has 4 nitrogen and oxygen atoms in total. The number of fused-ring (bicyclic) bond motifs is 8. The van der Waals surface area contributed by atoms with Crippen LogP contribution in [0.5, 0.6) is 0 Å². The summed E-state index contributed by atoms with van der Waals surface area (Å²) in [4.78, 5) is 14.9. The molecule has 4 heteroatoms. The molecule has 1 atom stereocenters. The largest absolute Gasteiger partial charge is 0.309 e. The summed E-state index contributed by atoms with van der Waals surface area (Å²) in [5, 5.41) is 3.52. The number of pyridine rings is 1. The first-order valence-electron chi connectivity index (χ1n) is 18.7. The molecule has 254 valence electrons. The van der Waals surface area contributed by atoms with Gasteiger partial charge in [0.1, 0.15) is 0 Å². The molecule has 1 unspecified atom stereocenters. The van der Waals surface area contributed by atoms with Gasteiger partial charge in [-0.25, -0.2) is 9.97 Å². The van der Waals surface area contributed by atoms with E-state index < -0.39 is 5.41 Å². The third-order valence-corrected chi connectivity index (χ3v) is 11.4. The van der Waals surface area contributed by atoms with Gasteiger partial charge in [0.15, 0.2) is 5.82 Å². The first-order chi connectivity index (χ1) is 26.8. The van der Waals surface area contributed by atoms with Crippen LogP contribution in [0.15, 0.2) is 182 Å². The number of para-hydroxylation sites is 2. The second-order valence-corrected chi connectivity index (χ2v) is 14.2. The maximum atomic E-state index is 5.27. The van der Waals surface area contributed by atoms with Crippen LogP contribution in [0.25, 0.3) is 66.5 Å². The Morgan fingerprint density at radius 3 is 2.22 bits per heavy atom. The van der Waals surface area contributed by atoms with Crippen LogP contribution in [0, 0.1) is 0 Å². The number of aromatic nitrogens is 4. The molecule has 2 aliphatic rings. The second kappa shape index (κ2) is 12.1. The van der Waals surface area contributed by atoms with Crippen LogP contribution >= 0.6 is 0 Å². The van der Waals surface area contributed by atoms with E-state index in [2.05, 4.69) is 179 Å². The second-order valence-electron chi connectivity index (χ2n) is 14.2. The minimum atomic E-state index is -0.523. The van der Waals surface area contributed by atoms with Crippen molar-refractivity contribution in [3.8, 4) is 28.2 Å². The molecule has 0 N–H and O–H groups in total. The first kappa shape index (κ1) is 30.7. The smallest absolute Gasteiger partial charge is 0.160 e. The third-order valence-electron chi connectivity index (χ3n) is 11.4. The van der Waals surface area contributed by atoms with E-state index >= 15 is 0 Å². The molecule has 3 heterocycles. The molecule has 6 aromatic carbocycles. The number of hydrogen-bond acceptors (Lipinski definition) is 3. The molecule has 0 spiro atoms. The minimum absolute atomic E-state index is 0.523. The van der Waals surface area contributed by atoms with Crippen molar-refractivity contribution in [2.24, 2.45) is 0 Å². The Morgan fingerprint density at radius 1 is 0.574 bits per heavy atom. The third kappa shape index (κ3) is 4.40. The van der Waals surface area contributed by atoms with E-state index in [1.54, 1.807) is 0 Å².